The largest absolute Gasteiger partial charge is 0.326 e. The fourth-order valence-corrected chi connectivity index (χ4v) is 3.91. The summed E-state index contributed by atoms with van der Waals surface area (Å²) in [6.07, 6.45) is 2.95. The Bertz CT molecular complexity index is 612. The lowest BCUT2D eigenvalue weighted by Crippen LogP contribution is -2.27. The van der Waals surface area contributed by atoms with Crippen molar-refractivity contribution in [2.45, 2.75) is 25.3 Å². The molecule has 1 saturated heterocycles. The molecule has 3 nitrogen and oxygen atoms in total. The zero-order valence-electron chi connectivity index (χ0n) is 12.3. The Hall–Kier alpha value is -1.17. The lowest BCUT2D eigenvalue weighted by Gasteiger charge is -2.23. The van der Waals surface area contributed by atoms with Gasteiger partial charge in [0.15, 0.2) is 0 Å². The molecule has 1 aromatic carbocycles. The van der Waals surface area contributed by atoms with Gasteiger partial charge in [-0.2, -0.15) is 11.3 Å². The van der Waals surface area contributed by atoms with Gasteiger partial charge in [0.25, 0.3) is 0 Å². The summed E-state index contributed by atoms with van der Waals surface area (Å²) in [5.74, 6) is 0.0818. The highest BCUT2D eigenvalue weighted by molar-refractivity contribution is 9.10. The summed E-state index contributed by atoms with van der Waals surface area (Å²) in [5.41, 5.74) is 2.25. The minimum Gasteiger partial charge on any atom is -0.326 e. The third kappa shape index (κ3) is 3.97. The molecule has 1 aliphatic heterocycles. The molecular formula is C17H19BrN2OS. The Balaban J connectivity index is 1.51. The summed E-state index contributed by atoms with van der Waals surface area (Å²) < 4.78 is 1.01. The van der Waals surface area contributed by atoms with Crippen LogP contribution in [-0.4, -0.2) is 23.9 Å². The minimum atomic E-state index is 0.0818. The van der Waals surface area contributed by atoms with Gasteiger partial charge in [0.05, 0.1) is 0 Å². The second kappa shape index (κ2) is 7.40. The van der Waals surface area contributed by atoms with Crippen molar-refractivity contribution in [2.75, 3.05) is 18.4 Å². The van der Waals surface area contributed by atoms with Crippen molar-refractivity contribution in [3.63, 3.8) is 0 Å². The quantitative estimate of drug-likeness (QED) is 0.819. The van der Waals surface area contributed by atoms with Crippen LogP contribution >= 0.6 is 27.3 Å². The van der Waals surface area contributed by atoms with Crippen molar-refractivity contribution >= 4 is 38.9 Å². The molecule has 2 heterocycles. The summed E-state index contributed by atoms with van der Waals surface area (Å²) in [5, 5.41) is 7.32. The Morgan fingerprint density at radius 2 is 2.14 bits per heavy atom. The molecule has 116 valence electrons. The van der Waals surface area contributed by atoms with Gasteiger partial charge in [-0.15, -0.1) is 0 Å². The molecule has 2 aromatic rings. The Morgan fingerprint density at radius 3 is 2.86 bits per heavy atom. The number of likely N-dealkylation sites (tertiary alicyclic amines) is 1. The number of hydrogen-bond acceptors (Lipinski definition) is 3. The van der Waals surface area contributed by atoms with E-state index in [2.05, 4.69) is 43.0 Å². The number of benzene rings is 1. The van der Waals surface area contributed by atoms with Crippen LogP contribution in [0.1, 0.15) is 30.9 Å². The van der Waals surface area contributed by atoms with Crippen LogP contribution in [0.3, 0.4) is 0 Å². The molecule has 0 bridgehead atoms. The van der Waals surface area contributed by atoms with Gasteiger partial charge >= 0.3 is 0 Å². The summed E-state index contributed by atoms with van der Waals surface area (Å²) in [4.78, 5) is 14.5. The average molecular weight is 379 g/mol. The van der Waals surface area contributed by atoms with Gasteiger partial charge in [-0.25, -0.2) is 0 Å². The first-order chi connectivity index (χ1) is 10.7. The van der Waals surface area contributed by atoms with Crippen LogP contribution in [0.15, 0.2) is 45.6 Å². The number of amides is 1. The summed E-state index contributed by atoms with van der Waals surface area (Å²) in [6, 6.07) is 10.4. The average Bonchev–Trinajstić information content (AvgIpc) is 3.18. The number of halogens is 1. The van der Waals surface area contributed by atoms with Gasteiger partial charge in [0.2, 0.25) is 5.91 Å². The molecule has 1 fully saturated rings. The topological polar surface area (TPSA) is 32.3 Å². The van der Waals surface area contributed by atoms with Crippen molar-refractivity contribution in [3.05, 3.63) is 51.1 Å². The summed E-state index contributed by atoms with van der Waals surface area (Å²) in [7, 11) is 0. The molecule has 22 heavy (non-hydrogen) atoms. The van der Waals surface area contributed by atoms with E-state index in [1.54, 1.807) is 11.3 Å². The van der Waals surface area contributed by atoms with Gasteiger partial charge in [0.1, 0.15) is 0 Å². The number of nitrogens with one attached hydrogen (secondary N) is 1. The monoisotopic (exact) mass is 378 g/mol. The normalized spacial score (nSPS) is 18.5. The first-order valence-corrected chi connectivity index (χ1v) is 9.27. The third-order valence-electron chi connectivity index (χ3n) is 4.05. The van der Waals surface area contributed by atoms with Crippen molar-refractivity contribution in [2.24, 2.45) is 0 Å². The molecule has 3 rings (SSSR count). The molecule has 1 aromatic heterocycles. The number of carbonyl (C=O) groups excluding carboxylic acids is 1. The van der Waals surface area contributed by atoms with E-state index >= 15 is 0 Å². The van der Waals surface area contributed by atoms with Gasteiger partial charge in [-0.05, 0) is 66.0 Å². The van der Waals surface area contributed by atoms with Crippen LogP contribution < -0.4 is 5.32 Å². The SMILES string of the molecule is O=C(CCN1CCCC1c1ccsc1)Nc1ccc(Br)cc1. The van der Waals surface area contributed by atoms with Gasteiger partial charge in [0, 0.05) is 29.2 Å². The maximum absolute atomic E-state index is 12.1. The second-order valence-electron chi connectivity index (χ2n) is 5.56. The second-order valence-corrected chi connectivity index (χ2v) is 7.25. The molecule has 1 N–H and O–H groups in total. The standard InChI is InChI=1S/C17H19BrN2OS/c18-14-3-5-15(6-4-14)19-17(21)7-10-20-9-1-2-16(20)13-8-11-22-12-13/h3-6,8,11-12,16H,1-2,7,9-10H2,(H,19,21). The highest BCUT2D eigenvalue weighted by Crippen LogP contribution is 2.32. The van der Waals surface area contributed by atoms with Crippen molar-refractivity contribution in [1.82, 2.24) is 4.90 Å². The minimum absolute atomic E-state index is 0.0818. The zero-order chi connectivity index (χ0) is 15.4. The van der Waals surface area contributed by atoms with Crippen molar-refractivity contribution < 1.29 is 4.79 Å². The van der Waals surface area contributed by atoms with Crippen LogP contribution in [0.25, 0.3) is 0 Å². The Morgan fingerprint density at radius 1 is 1.32 bits per heavy atom. The summed E-state index contributed by atoms with van der Waals surface area (Å²) >= 11 is 5.14. The molecule has 1 unspecified atom stereocenters. The van der Waals surface area contributed by atoms with Crippen LogP contribution in [0.4, 0.5) is 5.69 Å². The van der Waals surface area contributed by atoms with Crippen LogP contribution in [-0.2, 0) is 4.79 Å². The van der Waals surface area contributed by atoms with E-state index in [9.17, 15) is 4.79 Å². The maximum atomic E-state index is 12.1. The molecule has 0 saturated carbocycles. The fourth-order valence-electron chi connectivity index (χ4n) is 2.94. The van der Waals surface area contributed by atoms with Crippen LogP contribution in [0.2, 0.25) is 0 Å². The maximum Gasteiger partial charge on any atom is 0.225 e. The predicted octanol–water partition coefficient (Wildman–Crippen LogP) is 4.68. The van der Waals surface area contributed by atoms with Crippen molar-refractivity contribution in [3.8, 4) is 0 Å². The molecular weight excluding hydrogens is 360 g/mol. The number of anilines is 1. The first kappa shape index (κ1) is 15.7. The molecule has 1 atom stereocenters. The molecule has 5 heteroatoms. The van der Waals surface area contributed by atoms with Crippen LogP contribution in [0.5, 0.6) is 0 Å². The number of carbonyl (C=O) groups is 1. The van der Waals surface area contributed by atoms with E-state index in [4.69, 9.17) is 0 Å². The van der Waals surface area contributed by atoms with E-state index in [0.29, 0.717) is 12.5 Å². The van der Waals surface area contributed by atoms with E-state index in [-0.39, 0.29) is 5.91 Å². The number of hydrogen-bond donors (Lipinski definition) is 1. The van der Waals surface area contributed by atoms with Gasteiger partial charge in [-0.1, -0.05) is 15.9 Å². The lowest BCUT2D eigenvalue weighted by atomic mass is 10.1. The number of thiophene rings is 1. The zero-order valence-corrected chi connectivity index (χ0v) is 14.7. The van der Waals surface area contributed by atoms with E-state index < -0.39 is 0 Å². The van der Waals surface area contributed by atoms with E-state index in [1.807, 2.05) is 24.3 Å². The first-order valence-electron chi connectivity index (χ1n) is 7.54. The summed E-state index contributed by atoms with van der Waals surface area (Å²) in [6.45, 7) is 1.91. The third-order valence-corrected chi connectivity index (χ3v) is 5.28. The Labute approximate surface area is 143 Å². The lowest BCUT2D eigenvalue weighted by molar-refractivity contribution is -0.116. The van der Waals surface area contributed by atoms with Gasteiger partial charge in [-0.3, -0.25) is 9.69 Å². The van der Waals surface area contributed by atoms with E-state index in [1.165, 1.54) is 18.4 Å². The smallest absolute Gasteiger partial charge is 0.225 e. The highest BCUT2D eigenvalue weighted by Gasteiger charge is 2.26. The predicted molar refractivity (Wildman–Crippen MR) is 95.3 cm³/mol. The van der Waals surface area contributed by atoms with Crippen LogP contribution in [0, 0.1) is 0 Å². The Kier molecular flexibility index (Phi) is 5.28. The molecule has 1 aliphatic rings. The van der Waals surface area contributed by atoms with Crippen molar-refractivity contribution in [1.29, 1.82) is 0 Å². The number of nitrogens with zero attached hydrogens (tertiary/aromatic N) is 1. The molecule has 1 amide bonds. The highest BCUT2D eigenvalue weighted by atomic mass is 79.9. The van der Waals surface area contributed by atoms with E-state index in [0.717, 1.165) is 23.2 Å². The fraction of sp³-hybridized carbons (Fsp3) is 0.353. The number of rotatable bonds is 5. The molecule has 0 spiro atoms. The molecule has 0 aliphatic carbocycles. The molecule has 0 radical (unpaired) electrons. The van der Waals surface area contributed by atoms with Gasteiger partial charge < -0.3 is 5.32 Å².